The quantitative estimate of drug-likeness (QED) is 0.658. The molecule has 3 fully saturated rings. The predicted octanol–water partition coefficient (Wildman–Crippen LogP) is 2.52. The molecule has 164 valence electrons. The molecule has 1 atom stereocenters. The predicted molar refractivity (Wildman–Crippen MR) is 117 cm³/mol. The number of urea groups is 1. The monoisotopic (exact) mass is 424 g/mol. The molecule has 31 heavy (non-hydrogen) atoms. The highest BCUT2D eigenvalue weighted by molar-refractivity contribution is 6.01. The molecule has 0 spiro atoms. The molecule has 3 N–H and O–H groups in total. The zero-order chi connectivity index (χ0) is 21.8. The molecule has 1 aromatic heterocycles. The molecule has 1 unspecified atom stereocenters. The number of hydrogen-bond acceptors (Lipinski definition) is 6. The van der Waals surface area contributed by atoms with Crippen LogP contribution >= 0.6 is 0 Å². The molecule has 2 aromatic rings. The van der Waals surface area contributed by atoms with E-state index in [4.69, 9.17) is 4.74 Å². The number of rotatable bonds is 6. The summed E-state index contributed by atoms with van der Waals surface area (Å²) in [4.78, 5) is 35.9. The summed E-state index contributed by atoms with van der Waals surface area (Å²) in [6.45, 7) is 5.15. The summed E-state index contributed by atoms with van der Waals surface area (Å²) >= 11 is 0. The van der Waals surface area contributed by atoms with E-state index in [1.54, 1.807) is 24.4 Å². The number of carbonyl (C=O) groups is 2. The number of piperidine rings is 3. The molecule has 3 aliphatic heterocycles. The molecule has 2 bridgehead atoms. The molecule has 3 aliphatic rings. The number of fused-ring (bicyclic) bond motifs is 3. The number of hydrogen-bond donors (Lipinski definition) is 3. The number of aromatic nitrogens is 2. The third-order valence-electron chi connectivity index (χ3n) is 5.99. The first-order valence-corrected chi connectivity index (χ1v) is 10.7. The van der Waals surface area contributed by atoms with E-state index in [1.807, 2.05) is 6.92 Å². The Hall–Kier alpha value is -3.20. The maximum absolute atomic E-state index is 12.8. The van der Waals surface area contributed by atoms with E-state index in [9.17, 15) is 9.59 Å². The highest BCUT2D eigenvalue weighted by atomic mass is 16.5. The second-order valence-electron chi connectivity index (χ2n) is 7.96. The number of aryl methyl sites for hydroxylation is 1. The van der Waals surface area contributed by atoms with Gasteiger partial charge in [-0.25, -0.2) is 9.78 Å². The van der Waals surface area contributed by atoms with Crippen LogP contribution in [0.15, 0.2) is 30.6 Å². The fourth-order valence-corrected chi connectivity index (χ4v) is 4.19. The van der Waals surface area contributed by atoms with Gasteiger partial charge in [-0.3, -0.25) is 15.1 Å². The molecule has 9 nitrogen and oxygen atoms in total. The van der Waals surface area contributed by atoms with Crippen LogP contribution in [0.3, 0.4) is 0 Å². The second kappa shape index (κ2) is 9.30. The van der Waals surface area contributed by atoms with Crippen LogP contribution in [0.25, 0.3) is 0 Å². The maximum atomic E-state index is 12.8. The van der Waals surface area contributed by atoms with Gasteiger partial charge in [0, 0.05) is 18.2 Å². The number of ether oxygens (including phenoxy) is 1. The van der Waals surface area contributed by atoms with Crippen molar-refractivity contribution in [1.29, 1.82) is 0 Å². The van der Waals surface area contributed by atoms with Crippen molar-refractivity contribution in [3.05, 3.63) is 41.9 Å². The average molecular weight is 425 g/mol. The van der Waals surface area contributed by atoms with Crippen LogP contribution in [0.5, 0.6) is 5.75 Å². The Bertz CT molecular complexity index is 941. The molecule has 0 saturated carbocycles. The van der Waals surface area contributed by atoms with Gasteiger partial charge in [0.25, 0.3) is 5.91 Å². The Morgan fingerprint density at radius 3 is 2.58 bits per heavy atom. The van der Waals surface area contributed by atoms with Crippen molar-refractivity contribution in [3.63, 3.8) is 0 Å². The summed E-state index contributed by atoms with van der Waals surface area (Å²) in [6.07, 6.45) is 6.18. The number of nitrogens with zero attached hydrogens (tertiary/aromatic N) is 3. The number of methoxy groups -OCH3 is 1. The number of amides is 3. The van der Waals surface area contributed by atoms with E-state index < -0.39 is 6.03 Å². The number of anilines is 2. The fourth-order valence-electron chi connectivity index (χ4n) is 4.19. The largest absolute Gasteiger partial charge is 0.495 e. The molecular weight excluding hydrogens is 396 g/mol. The minimum atomic E-state index is -0.471. The van der Waals surface area contributed by atoms with Crippen molar-refractivity contribution in [2.45, 2.75) is 32.2 Å². The lowest BCUT2D eigenvalue weighted by molar-refractivity contribution is 0.0620. The molecule has 9 heteroatoms. The van der Waals surface area contributed by atoms with Gasteiger partial charge in [-0.15, -0.1) is 0 Å². The van der Waals surface area contributed by atoms with E-state index >= 15 is 0 Å². The van der Waals surface area contributed by atoms with Gasteiger partial charge in [0.15, 0.2) is 5.82 Å². The normalized spacial score (nSPS) is 21.9. The molecule has 3 saturated heterocycles. The first kappa shape index (κ1) is 21.0. The van der Waals surface area contributed by atoms with E-state index in [1.165, 1.54) is 13.3 Å². The minimum Gasteiger partial charge on any atom is -0.495 e. The van der Waals surface area contributed by atoms with Crippen LogP contribution in [0.1, 0.15) is 35.8 Å². The van der Waals surface area contributed by atoms with Gasteiger partial charge >= 0.3 is 6.03 Å². The van der Waals surface area contributed by atoms with Crippen molar-refractivity contribution in [3.8, 4) is 5.75 Å². The van der Waals surface area contributed by atoms with Crippen molar-refractivity contribution in [2.75, 3.05) is 37.4 Å². The van der Waals surface area contributed by atoms with Crippen LogP contribution in [0.2, 0.25) is 0 Å². The molecule has 0 aliphatic carbocycles. The summed E-state index contributed by atoms with van der Waals surface area (Å²) in [6, 6.07) is 4.70. The van der Waals surface area contributed by atoms with Gasteiger partial charge in [0.05, 0.1) is 30.9 Å². The Kier molecular flexibility index (Phi) is 6.31. The summed E-state index contributed by atoms with van der Waals surface area (Å²) in [5.74, 6) is 1.18. The lowest BCUT2D eigenvalue weighted by atomic mass is 9.84. The van der Waals surface area contributed by atoms with Crippen molar-refractivity contribution >= 4 is 23.4 Å². The third kappa shape index (κ3) is 4.93. The van der Waals surface area contributed by atoms with Gasteiger partial charge in [-0.2, -0.15) is 0 Å². The zero-order valence-electron chi connectivity index (χ0n) is 17.9. The molecule has 1 aromatic carbocycles. The van der Waals surface area contributed by atoms with E-state index in [0.29, 0.717) is 28.7 Å². The van der Waals surface area contributed by atoms with Crippen LogP contribution < -0.4 is 20.7 Å². The van der Waals surface area contributed by atoms with Gasteiger partial charge in [0.1, 0.15) is 5.75 Å². The van der Waals surface area contributed by atoms with Gasteiger partial charge in [-0.1, -0.05) is 6.92 Å². The zero-order valence-corrected chi connectivity index (χ0v) is 17.9. The summed E-state index contributed by atoms with van der Waals surface area (Å²) in [7, 11) is 1.50. The topological polar surface area (TPSA) is 108 Å². The highest BCUT2D eigenvalue weighted by Gasteiger charge is 2.35. The highest BCUT2D eigenvalue weighted by Crippen LogP contribution is 2.29. The minimum absolute atomic E-state index is 0.126. The Balaban J connectivity index is 1.38. The van der Waals surface area contributed by atoms with Crippen LogP contribution in [-0.4, -0.2) is 59.6 Å². The van der Waals surface area contributed by atoms with Crippen LogP contribution in [0, 0.1) is 5.92 Å². The SMILES string of the molecule is CCc1cnc(NC(=O)Nc2ccc(C(=O)NC3CN4CCC3CC4)cc2OC)cn1. The standard InChI is InChI=1S/C22H28N6O3/c1-3-16-11-24-20(12-23-16)27-22(30)26-17-5-4-15(10-19(17)31-2)21(29)25-18-13-28-8-6-14(18)7-9-28/h4-5,10-12,14,18H,3,6-9,13H2,1-2H3,(H,25,29)(H2,24,26,27,30). The van der Waals surface area contributed by atoms with Gasteiger partial charge < -0.3 is 20.3 Å². The molecule has 3 amide bonds. The van der Waals surface area contributed by atoms with Crippen molar-refractivity contribution in [1.82, 2.24) is 20.2 Å². The van der Waals surface area contributed by atoms with E-state index in [2.05, 4.69) is 30.8 Å². The Morgan fingerprint density at radius 1 is 1.16 bits per heavy atom. The second-order valence-corrected chi connectivity index (χ2v) is 7.96. The van der Waals surface area contributed by atoms with Crippen molar-refractivity contribution in [2.24, 2.45) is 5.92 Å². The third-order valence-corrected chi connectivity index (χ3v) is 5.99. The number of benzene rings is 1. The van der Waals surface area contributed by atoms with Gasteiger partial charge in [0.2, 0.25) is 0 Å². The summed E-state index contributed by atoms with van der Waals surface area (Å²) in [5.41, 5.74) is 1.80. The smallest absolute Gasteiger partial charge is 0.324 e. The van der Waals surface area contributed by atoms with E-state index in [-0.39, 0.29) is 11.9 Å². The Morgan fingerprint density at radius 2 is 1.97 bits per heavy atom. The van der Waals surface area contributed by atoms with Crippen LogP contribution in [0.4, 0.5) is 16.3 Å². The maximum Gasteiger partial charge on any atom is 0.324 e. The summed E-state index contributed by atoms with van der Waals surface area (Å²) in [5, 5.41) is 8.53. The first-order valence-electron chi connectivity index (χ1n) is 10.7. The average Bonchev–Trinajstić information content (AvgIpc) is 2.80. The molecule has 0 radical (unpaired) electrons. The van der Waals surface area contributed by atoms with Crippen molar-refractivity contribution < 1.29 is 14.3 Å². The first-order chi connectivity index (χ1) is 15.1. The summed E-state index contributed by atoms with van der Waals surface area (Å²) < 4.78 is 5.40. The molecular formula is C22H28N6O3. The lowest BCUT2D eigenvalue weighted by Crippen LogP contribution is -2.57. The van der Waals surface area contributed by atoms with E-state index in [0.717, 1.165) is 44.6 Å². The van der Waals surface area contributed by atoms with Gasteiger partial charge in [-0.05, 0) is 56.5 Å². The number of carbonyl (C=O) groups excluding carboxylic acids is 2. The van der Waals surface area contributed by atoms with Crippen LogP contribution in [-0.2, 0) is 6.42 Å². The number of nitrogens with one attached hydrogen (secondary N) is 3. The lowest BCUT2D eigenvalue weighted by Gasteiger charge is -2.44. The Labute approximate surface area is 181 Å². The fraction of sp³-hybridized carbons (Fsp3) is 0.455. The molecule has 5 rings (SSSR count). The molecule has 4 heterocycles.